The van der Waals surface area contributed by atoms with E-state index in [1.807, 2.05) is 11.0 Å². The highest BCUT2D eigenvalue weighted by atomic mass is 19.1. The van der Waals surface area contributed by atoms with Crippen LogP contribution in [0.4, 0.5) is 4.39 Å². The lowest BCUT2D eigenvalue weighted by Crippen LogP contribution is -2.36. The third kappa shape index (κ3) is 2.43. The van der Waals surface area contributed by atoms with Crippen molar-refractivity contribution in [1.82, 2.24) is 9.88 Å². The van der Waals surface area contributed by atoms with Gasteiger partial charge >= 0.3 is 0 Å². The van der Waals surface area contributed by atoms with E-state index in [9.17, 15) is 9.18 Å². The summed E-state index contributed by atoms with van der Waals surface area (Å²) in [6, 6.07) is 7.97. The van der Waals surface area contributed by atoms with E-state index in [4.69, 9.17) is 0 Å². The number of fused-ring (bicyclic) bond motifs is 1. The number of amides is 1. The van der Waals surface area contributed by atoms with Crippen LogP contribution in [0.5, 0.6) is 0 Å². The Balaban J connectivity index is 1.93. The number of pyridine rings is 1. The molecule has 1 aromatic carbocycles. The maximum atomic E-state index is 13.2. The Morgan fingerprint density at radius 1 is 1.11 bits per heavy atom. The van der Waals surface area contributed by atoms with Gasteiger partial charge in [-0.25, -0.2) is 9.37 Å². The highest BCUT2D eigenvalue weighted by Gasteiger charge is 2.19. The third-order valence-electron chi connectivity index (χ3n) is 3.52. The van der Waals surface area contributed by atoms with E-state index in [-0.39, 0.29) is 11.7 Å². The largest absolute Gasteiger partial charge is 0.337 e. The lowest BCUT2D eigenvalue weighted by Gasteiger charge is -2.26. The zero-order valence-electron chi connectivity index (χ0n) is 10.6. The maximum absolute atomic E-state index is 13.2. The van der Waals surface area contributed by atoms with Crippen molar-refractivity contribution in [3.05, 3.63) is 41.8 Å². The number of piperidine rings is 1. The molecule has 0 unspecified atom stereocenters. The van der Waals surface area contributed by atoms with Crippen molar-refractivity contribution >= 4 is 16.8 Å². The number of likely N-dealkylation sites (tertiary alicyclic amines) is 1. The van der Waals surface area contributed by atoms with Crippen molar-refractivity contribution in [3.8, 4) is 0 Å². The Kier molecular flexibility index (Phi) is 3.15. The summed E-state index contributed by atoms with van der Waals surface area (Å²) in [7, 11) is 0. The summed E-state index contributed by atoms with van der Waals surface area (Å²) >= 11 is 0. The van der Waals surface area contributed by atoms with Gasteiger partial charge in [0.2, 0.25) is 0 Å². The summed E-state index contributed by atoms with van der Waals surface area (Å²) in [6.45, 7) is 1.59. The molecular formula is C15H15FN2O. The van der Waals surface area contributed by atoms with Crippen LogP contribution in [-0.2, 0) is 0 Å². The van der Waals surface area contributed by atoms with Crippen molar-refractivity contribution in [2.75, 3.05) is 13.1 Å². The molecule has 1 aliphatic heterocycles. The van der Waals surface area contributed by atoms with Crippen molar-refractivity contribution in [2.45, 2.75) is 19.3 Å². The second-order valence-corrected chi connectivity index (χ2v) is 4.89. The Labute approximate surface area is 111 Å². The Morgan fingerprint density at radius 2 is 1.84 bits per heavy atom. The van der Waals surface area contributed by atoms with Crippen LogP contribution in [0.1, 0.15) is 29.8 Å². The molecule has 0 saturated carbocycles. The normalized spacial score (nSPS) is 15.7. The first-order valence-electron chi connectivity index (χ1n) is 6.60. The van der Waals surface area contributed by atoms with Crippen LogP contribution in [0.25, 0.3) is 10.9 Å². The van der Waals surface area contributed by atoms with Crippen molar-refractivity contribution in [3.63, 3.8) is 0 Å². The summed E-state index contributed by atoms with van der Waals surface area (Å²) in [5, 5.41) is 0.844. The van der Waals surface area contributed by atoms with Crippen LogP contribution in [0.3, 0.4) is 0 Å². The van der Waals surface area contributed by atoms with E-state index < -0.39 is 0 Å². The Morgan fingerprint density at radius 3 is 2.63 bits per heavy atom. The number of halogens is 1. The van der Waals surface area contributed by atoms with E-state index in [1.165, 1.54) is 18.6 Å². The molecule has 98 valence electrons. The number of aromatic nitrogens is 1. The molecule has 1 saturated heterocycles. The van der Waals surface area contributed by atoms with Crippen LogP contribution in [0.15, 0.2) is 30.3 Å². The number of hydrogen-bond acceptors (Lipinski definition) is 2. The highest BCUT2D eigenvalue weighted by molar-refractivity contribution is 5.94. The monoisotopic (exact) mass is 258 g/mol. The lowest BCUT2D eigenvalue weighted by molar-refractivity contribution is 0.0719. The number of carbonyl (C=O) groups is 1. The number of nitrogens with zero attached hydrogens (tertiary/aromatic N) is 2. The smallest absolute Gasteiger partial charge is 0.272 e. The standard InChI is InChI=1S/C15H15FN2O/c16-12-6-4-11-5-7-13(17-14(11)10-12)15(19)18-8-2-1-3-9-18/h4-7,10H,1-3,8-9H2. The molecule has 4 heteroatoms. The van der Waals surface area contributed by atoms with Crippen molar-refractivity contribution in [1.29, 1.82) is 0 Å². The molecule has 3 nitrogen and oxygen atoms in total. The van der Waals surface area contributed by atoms with Gasteiger partial charge in [-0.1, -0.05) is 6.07 Å². The molecule has 1 fully saturated rings. The molecule has 1 aromatic heterocycles. The van der Waals surface area contributed by atoms with Crippen molar-refractivity contribution in [2.24, 2.45) is 0 Å². The van der Waals surface area contributed by atoms with Crippen LogP contribution in [0, 0.1) is 5.82 Å². The van der Waals surface area contributed by atoms with E-state index in [0.29, 0.717) is 11.2 Å². The van der Waals surface area contributed by atoms with Gasteiger partial charge in [0.15, 0.2) is 0 Å². The highest BCUT2D eigenvalue weighted by Crippen LogP contribution is 2.17. The minimum absolute atomic E-state index is 0.0501. The van der Waals surface area contributed by atoms with Crippen LogP contribution < -0.4 is 0 Å². The zero-order chi connectivity index (χ0) is 13.2. The van der Waals surface area contributed by atoms with Gasteiger partial charge in [0, 0.05) is 24.5 Å². The van der Waals surface area contributed by atoms with E-state index >= 15 is 0 Å². The lowest BCUT2D eigenvalue weighted by atomic mass is 10.1. The minimum Gasteiger partial charge on any atom is -0.337 e. The van der Waals surface area contributed by atoms with Crippen molar-refractivity contribution < 1.29 is 9.18 Å². The predicted octanol–water partition coefficient (Wildman–Crippen LogP) is 3.00. The van der Waals surface area contributed by atoms with Crippen LogP contribution in [-0.4, -0.2) is 28.9 Å². The zero-order valence-corrected chi connectivity index (χ0v) is 10.6. The number of benzene rings is 1. The molecule has 3 rings (SSSR count). The van der Waals surface area contributed by atoms with Gasteiger partial charge < -0.3 is 4.90 Å². The molecule has 0 spiro atoms. The SMILES string of the molecule is O=C(c1ccc2ccc(F)cc2n1)N1CCCCC1. The first-order chi connectivity index (χ1) is 9.24. The third-order valence-corrected chi connectivity index (χ3v) is 3.52. The molecule has 1 aliphatic rings. The fourth-order valence-corrected chi connectivity index (χ4v) is 2.47. The van der Waals surface area contributed by atoms with Gasteiger partial charge in [0.25, 0.3) is 5.91 Å². The average Bonchev–Trinajstić information content (AvgIpc) is 2.46. The number of rotatable bonds is 1. The molecule has 2 aromatic rings. The van der Waals surface area contributed by atoms with Gasteiger partial charge in [0.05, 0.1) is 5.52 Å². The fraction of sp³-hybridized carbons (Fsp3) is 0.333. The predicted molar refractivity (Wildman–Crippen MR) is 71.5 cm³/mol. The average molecular weight is 258 g/mol. The molecule has 1 amide bonds. The van der Waals surface area contributed by atoms with Gasteiger partial charge in [0.1, 0.15) is 11.5 Å². The minimum atomic E-state index is -0.331. The van der Waals surface area contributed by atoms with Gasteiger partial charge in [-0.15, -0.1) is 0 Å². The van der Waals surface area contributed by atoms with Gasteiger partial charge in [-0.05, 0) is 37.5 Å². The quantitative estimate of drug-likeness (QED) is 0.787. The number of carbonyl (C=O) groups excluding carboxylic acids is 1. The topological polar surface area (TPSA) is 33.2 Å². The summed E-state index contributed by atoms with van der Waals surface area (Å²) in [4.78, 5) is 18.4. The Hall–Kier alpha value is -1.97. The maximum Gasteiger partial charge on any atom is 0.272 e. The van der Waals surface area contributed by atoms with E-state index in [0.717, 1.165) is 31.3 Å². The first-order valence-corrected chi connectivity index (χ1v) is 6.60. The summed E-state index contributed by atoms with van der Waals surface area (Å²) in [5.74, 6) is -0.381. The molecule has 0 radical (unpaired) electrons. The fourth-order valence-electron chi connectivity index (χ4n) is 2.47. The van der Waals surface area contributed by atoms with Crippen LogP contribution >= 0.6 is 0 Å². The second kappa shape index (κ2) is 4.96. The molecule has 19 heavy (non-hydrogen) atoms. The van der Waals surface area contributed by atoms with Gasteiger partial charge in [-0.2, -0.15) is 0 Å². The van der Waals surface area contributed by atoms with E-state index in [1.54, 1.807) is 12.1 Å². The number of hydrogen-bond donors (Lipinski definition) is 0. The molecule has 0 bridgehead atoms. The first kappa shape index (κ1) is 12.1. The Bertz CT molecular complexity index is 621. The molecule has 0 aliphatic carbocycles. The molecule has 2 heterocycles. The summed E-state index contributed by atoms with van der Waals surface area (Å²) in [6.07, 6.45) is 3.28. The molecule has 0 N–H and O–H groups in total. The molecular weight excluding hydrogens is 243 g/mol. The summed E-state index contributed by atoms with van der Waals surface area (Å²) in [5.41, 5.74) is 0.933. The summed E-state index contributed by atoms with van der Waals surface area (Å²) < 4.78 is 13.2. The second-order valence-electron chi connectivity index (χ2n) is 4.89. The van der Waals surface area contributed by atoms with E-state index in [2.05, 4.69) is 4.98 Å². The van der Waals surface area contributed by atoms with Gasteiger partial charge in [-0.3, -0.25) is 4.79 Å². The molecule has 0 atom stereocenters. The van der Waals surface area contributed by atoms with Crippen LogP contribution in [0.2, 0.25) is 0 Å².